The van der Waals surface area contributed by atoms with Crippen molar-refractivity contribution in [3.05, 3.63) is 6.61 Å². The maximum atomic E-state index is 10.6. The van der Waals surface area contributed by atoms with Crippen LogP contribution in [0, 0.1) is 12.5 Å². The number of primary amides is 1. The van der Waals surface area contributed by atoms with Crippen molar-refractivity contribution < 1.29 is 9.90 Å². The average molecular weight is 172 g/mol. The average Bonchev–Trinajstić information content (AvgIpc) is 2.03. The van der Waals surface area contributed by atoms with Crippen molar-refractivity contribution in [3.63, 3.8) is 0 Å². The molecular formula is C9H18NO2. The summed E-state index contributed by atoms with van der Waals surface area (Å²) in [4.78, 5) is 10.6. The van der Waals surface area contributed by atoms with Gasteiger partial charge in [0.2, 0.25) is 5.91 Å². The summed E-state index contributed by atoms with van der Waals surface area (Å²) in [5, 5.41) is 8.36. The molecule has 0 aliphatic heterocycles. The van der Waals surface area contributed by atoms with E-state index in [1.165, 1.54) is 6.61 Å². The zero-order chi connectivity index (χ0) is 9.40. The summed E-state index contributed by atoms with van der Waals surface area (Å²) in [5.74, 6) is -0.230. The van der Waals surface area contributed by atoms with Gasteiger partial charge in [-0.2, -0.15) is 0 Å². The summed E-state index contributed by atoms with van der Waals surface area (Å²) >= 11 is 0. The van der Waals surface area contributed by atoms with E-state index >= 15 is 0 Å². The number of amides is 1. The lowest BCUT2D eigenvalue weighted by Gasteiger charge is -2.05. The van der Waals surface area contributed by atoms with E-state index in [4.69, 9.17) is 10.8 Å². The highest BCUT2D eigenvalue weighted by Gasteiger charge is 2.06. The summed E-state index contributed by atoms with van der Waals surface area (Å²) in [6.07, 6.45) is 4.65. The number of aliphatic hydroxyl groups is 1. The molecule has 12 heavy (non-hydrogen) atoms. The second-order valence-electron chi connectivity index (χ2n) is 3.12. The number of unbranched alkanes of at least 4 members (excludes halogenated alkanes) is 3. The van der Waals surface area contributed by atoms with Crippen LogP contribution in [0.3, 0.4) is 0 Å². The summed E-state index contributed by atoms with van der Waals surface area (Å²) < 4.78 is 0. The Morgan fingerprint density at radius 2 is 2.17 bits per heavy atom. The van der Waals surface area contributed by atoms with Crippen LogP contribution in [0.5, 0.6) is 0 Å². The maximum Gasteiger partial charge on any atom is 0.220 e. The molecule has 0 heterocycles. The fraction of sp³-hybridized carbons (Fsp3) is 0.778. The maximum absolute atomic E-state index is 10.6. The van der Waals surface area contributed by atoms with Crippen LogP contribution in [-0.2, 0) is 4.79 Å². The molecule has 0 aromatic carbocycles. The minimum absolute atomic E-state index is 0.0110. The first-order valence-corrected chi connectivity index (χ1v) is 4.43. The summed E-state index contributed by atoms with van der Waals surface area (Å²) in [6.45, 7) is 3.03. The molecule has 0 bridgehead atoms. The van der Waals surface area contributed by atoms with Crippen LogP contribution in [0.2, 0.25) is 0 Å². The largest absolute Gasteiger partial charge is 0.390 e. The number of hydrogen-bond acceptors (Lipinski definition) is 2. The lowest BCUT2D eigenvalue weighted by Crippen LogP contribution is -2.20. The zero-order valence-corrected chi connectivity index (χ0v) is 7.62. The molecule has 0 aromatic heterocycles. The first-order valence-electron chi connectivity index (χ1n) is 4.43. The van der Waals surface area contributed by atoms with E-state index in [1.807, 2.05) is 6.92 Å². The van der Waals surface area contributed by atoms with Crippen LogP contribution < -0.4 is 5.73 Å². The molecule has 3 nitrogen and oxygen atoms in total. The molecule has 0 aromatic rings. The van der Waals surface area contributed by atoms with Gasteiger partial charge in [-0.3, -0.25) is 4.79 Å². The highest BCUT2D eigenvalue weighted by molar-refractivity contribution is 5.76. The second-order valence-corrected chi connectivity index (χ2v) is 3.12. The van der Waals surface area contributed by atoms with Crippen LogP contribution >= 0.6 is 0 Å². The van der Waals surface area contributed by atoms with Gasteiger partial charge in [0.15, 0.2) is 0 Å². The van der Waals surface area contributed by atoms with E-state index in [2.05, 4.69) is 0 Å². The molecule has 0 saturated heterocycles. The van der Waals surface area contributed by atoms with Gasteiger partial charge in [0.1, 0.15) is 0 Å². The molecule has 0 aliphatic carbocycles. The van der Waals surface area contributed by atoms with Crippen LogP contribution in [0.4, 0.5) is 0 Å². The van der Waals surface area contributed by atoms with Gasteiger partial charge in [-0.05, 0) is 12.8 Å². The van der Waals surface area contributed by atoms with E-state index in [9.17, 15) is 4.79 Å². The van der Waals surface area contributed by atoms with Crippen LogP contribution in [0.15, 0.2) is 0 Å². The van der Waals surface area contributed by atoms with Gasteiger partial charge in [-0.25, -0.2) is 0 Å². The topological polar surface area (TPSA) is 63.3 Å². The highest BCUT2D eigenvalue weighted by atomic mass is 16.2. The first kappa shape index (κ1) is 11.4. The molecule has 1 atom stereocenters. The van der Waals surface area contributed by atoms with Crippen molar-refractivity contribution in [2.24, 2.45) is 11.7 Å². The van der Waals surface area contributed by atoms with Crippen molar-refractivity contribution in [2.45, 2.75) is 39.0 Å². The molecule has 0 aliphatic rings. The van der Waals surface area contributed by atoms with E-state index < -0.39 is 0 Å². The van der Waals surface area contributed by atoms with Gasteiger partial charge in [-0.15, -0.1) is 0 Å². The third-order valence-electron chi connectivity index (χ3n) is 1.96. The van der Waals surface area contributed by atoms with Gasteiger partial charge < -0.3 is 10.8 Å². The lowest BCUT2D eigenvalue weighted by molar-refractivity contribution is -0.121. The monoisotopic (exact) mass is 172 g/mol. The van der Waals surface area contributed by atoms with E-state index in [0.29, 0.717) is 0 Å². The summed E-state index contributed by atoms with van der Waals surface area (Å²) in [5.41, 5.74) is 5.09. The number of nitrogens with two attached hydrogens (primary N) is 1. The van der Waals surface area contributed by atoms with Gasteiger partial charge >= 0.3 is 0 Å². The Balaban J connectivity index is 3.14. The molecule has 3 N–H and O–H groups in total. The summed E-state index contributed by atoms with van der Waals surface area (Å²) in [6, 6.07) is 0. The summed E-state index contributed by atoms with van der Waals surface area (Å²) in [7, 11) is 0. The smallest absolute Gasteiger partial charge is 0.220 e. The standard InChI is InChI=1S/C9H18NO2/c1-8(9(10)12)6-4-2-3-5-7-11/h7-8,11H,2-6H2,1H3,(H2,10,12)/t8-/m0/s1. The molecule has 1 radical (unpaired) electrons. The molecule has 3 heteroatoms. The Kier molecular flexibility index (Phi) is 6.76. The molecule has 0 rings (SSSR count). The SMILES string of the molecule is C[C@@H](CCCCC[CH]O)C(N)=O. The highest BCUT2D eigenvalue weighted by Crippen LogP contribution is 2.09. The van der Waals surface area contributed by atoms with Gasteiger partial charge in [0.25, 0.3) is 0 Å². The van der Waals surface area contributed by atoms with Crippen molar-refractivity contribution in [1.82, 2.24) is 0 Å². The van der Waals surface area contributed by atoms with Gasteiger partial charge in [0.05, 0.1) is 6.61 Å². The predicted octanol–water partition coefficient (Wildman–Crippen LogP) is 1.59. The molecule has 71 valence electrons. The van der Waals surface area contributed by atoms with E-state index in [1.54, 1.807) is 0 Å². The minimum Gasteiger partial charge on any atom is -0.390 e. The van der Waals surface area contributed by atoms with Crippen molar-refractivity contribution >= 4 is 5.91 Å². The molecule has 0 fully saturated rings. The molecule has 0 unspecified atom stereocenters. The number of aliphatic hydroxyl groups excluding tert-OH is 1. The number of rotatable bonds is 7. The Morgan fingerprint density at radius 3 is 2.67 bits per heavy atom. The third-order valence-corrected chi connectivity index (χ3v) is 1.96. The van der Waals surface area contributed by atoms with Gasteiger partial charge in [-0.1, -0.05) is 26.2 Å². The van der Waals surface area contributed by atoms with Gasteiger partial charge in [0, 0.05) is 5.92 Å². The molecular weight excluding hydrogens is 154 g/mol. The van der Waals surface area contributed by atoms with Crippen LogP contribution in [0.25, 0.3) is 0 Å². The fourth-order valence-corrected chi connectivity index (χ4v) is 1.01. The number of carbonyl (C=O) groups is 1. The Bertz CT molecular complexity index is 126. The van der Waals surface area contributed by atoms with Crippen molar-refractivity contribution in [3.8, 4) is 0 Å². The fourth-order valence-electron chi connectivity index (χ4n) is 1.01. The van der Waals surface area contributed by atoms with Crippen molar-refractivity contribution in [2.75, 3.05) is 0 Å². The van der Waals surface area contributed by atoms with Crippen LogP contribution in [0.1, 0.15) is 39.0 Å². The molecule has 1 amide bonds. The molecule has 0 saturated carbocycles. The Labute approximate surface area is 74.0 Å². The quantitative estimate of drug-likeness (QED) is 0.573. The normalized spacial score (nSPS) is 12.8. The third kappa shape index (κ3) is 6.16. The van der Waals surface area contributed by atoms with E-state index in [-0.39, 0.29) is 11.8 Å². The number of hydrogen-bond donors (Lipinski definition) is 2. The lowest BCUT2D eigenvalue weighted by atomic mass is 10.0. The molecule has 0 spiro atoms. The van der Waals surface area contributed by atoms with Crippen molar-refractivity contribution in [1.29, 1.82) is 0 Å². The second kappa shape index (κ2) is 7.10. The number of carbonyl (C=O) groups excluding carboxylic acids is 1. The predicted molar refractivity (Wildman–Crippen MR) is 47.7 cm³/mol. The first-order chi connectivity index (χ1) is 5.68. The van der Waals surface area contributed by atoms with Crippen LogP contribution in [-0.4, -0.2) is 11.0 Å². The zero-order valence-electron chi connectivity index (χ0n) is 7.62. The minimum atomic E-state index is -0.219. The Hall–Kier alpha value is -0.570. The van der Waals surface area contributed by atoms with E-state index in [0.717, 1.165) is 32.1 Å². The Morgan fingerprint density at radius 1 is 1.50 bits per heavy atom.